The summed E-state index contributed by atoms with van der Waals surface area (Å²) in [5.41, 5.74) is 8.32. The van der Waals surface area contributed by atoms with Gasteiger partial charge in [-0.05, 0) is 30.7 Å². The van der Waals surface area contributed by atoms with Crippen LogP contribution in [0.2, 0.25) is 5.02 Å². The molecule has 0 aliphatic heterocycles. The minimum absolute atomic E-state index is 0.276. The van der Waals surface area contributed by atoms with Crippen molar-refractivity contribution in [2.24, 2.45) is 0 Å². The maximum absolute atomic E-state index is 13.0. The van der Waals surface area contributed by atoms with Gasteiger partial charge < -0.3 is 11.1 Å². The van der Waals surface area contributed by atoms with E-state index in [2.05, 4.69) is 10.3 Å². The molecular weight excluding hydrogens is 241 g/mol. The molecule has 3 nitrogen and oxygen atoms in total. The Hall–Kier alpha value is -1.81. The van der Waals surface area contributed by atoms with Crippen molar-refractivity contribution in [3.63, 3.8) is 0 Å². The molecule has 1 heterocycles. The van der Waals surface area contributed by atoms with Crippen molar-refractivity contribution in [3.8, 4) is 0 Å². The number of nitrogens with two attached hydrogens (primary N) is 1. The van der Waals surface area contributed by atoms with Crippen molar-refractivity contribution in [3.05, 3.63) is 47.0 Å². The maximum atomic E-state index is 13.0. The molecule has 0 spiro atoms. The van der Waals surface area contributed by atoms with Crippen molar-refractivity contribution >= 4 is 28.7 Å². The predicted octanol–water partition coefficient (Wildman–Crippen LogP) is 3.51. The number of nitrogens with one attached hydrogen (secondary N) is 1. The van der Waals surface area contributed by atoms with Gasteiger partial charge in [-0.2, -0.15) is 0 Å². The predicted molar refractivity (Wildman–Crippen MR) is 68.1 cm³/mol. The number of benzene rings is 1. The number of nitrogens with zero attached hydrogens (tertiary/aromatic N) is 1. The lowest BCUT2D eigenvalue weighted by atomic mass is 10.2. The fraction of sp³-hybridized carbons (Fsp3) is 0.0833. The molecule has 88 valence electrons. The lowest BCUT2D eigenvalue weighted by Gasteiger charge is -2.12. The molecule has 17 heavy (non-hydrogen) atoms. The zero-order valence-corrected chi connectivity index (χ0v) is 9.92. The molecular formula is C12H11ClFN3. The summed E-state index contributed by atoms with van der Waals surface area (Å²) in [7, 11) is 0. The molecule has 0 amide bonds. The third kappa shape index (κ3) is 2.47. The van der Waals surface area contributed by atoms with Crippen LogP contribution in [0.15, 0.2) is 30.6 Å². The van der Waals surface area contributed by atoms with Gasteiger partial charge in [0.15, 0.2) is 0 Å². The normalized spacial score (nSPS) is 10.3. The van der Waals surface area contributed by atoms with E-state index in [0.29, 0.717) is 16.4 Å². The zero-order valence-electron chi connectivity index (χ0n) is 9.17. The van der Waals surface area contributed by atoms with Gasteiger partial charge in [0.2, 0.25) is 0 Å². The number of hydrogen-bond donors (Lipinski definition) is 2. The lowest BCUT2D eigenvalue weighted by Crippen LogP contribution is -1.99. The molecule has 0 atom stereocenters. The summed E-state index contributed by atoms with van der Waals surface area (Å²) in [6.07, 6.45) is 3.01. The highest BCUT2D eigenvalue weighted by atomic mass is 35.5. The first-order valence-electron chi connectivity index (χ1n) is 5.00. The van der Waals surface area contributed by atoms with Crippen LogP contribution < -0.4 is 11.1 Å². The van der Waals surface area contributed by atoms with E-state index < -0.39 is 0 Å². The average Bonchev–Trinajstić information content (AvgIpc) is 2.26. The maximum Gasteiger partial charge on any atom is 0.123 e. The molecule has 0 saturated carbocycles. The Balaban J connectivity index is 2.38. The van der Waals surface area contributed by atoms with Crippen molar-refractivity contribution in [1.29, 1.82) is 0 Å². The molecule has 3 N–H and O–H groups in total. The van der Waals surface area contributed by atoms with E-state index in [1.807, 2.05) is 0 Å². The first-order valence-corrected chi connectivity index (χ1v) is 5.38. The fourth-order valence-corrected chi connectivity index (χ4v) is 1.70. The van der Waals surface area contributed by atoms with Crippen molar-refractivity contribution in [2.75, 3.05) is 11.1 Å². The van der Waals surface area contributed by atoms with E-state index in [1.165, 1.54) is 24.5 Å². The summed E-state index contributed by atoms with van der Waals surface area (Å²) in [5, 5.41) is 3.50. The Morgan fingerprint density at radius 2 is 2.12 bits per heavy atom. The topological polar surface area (TPSA) is 50.9 Å². The minimum atomic E-state index is -0.276. The molecule has 2 aromatic rings. The number of pyridine rings is 1. The van der Waals surface area contributed by atoms with Gasteiger partial charge in [0.05, 0.1) is 22.6 Å². The van der Waals surface area contributed by atoms with Crippen LogP contribution in [0.4, 0.5) is 21.5 Å². The van der Waals surface area contributed by atoms with Crippen LogP contribution in [0, 0.1) is 12.7 Å². The van der Waals surface area contributed by atoms with E-state index in [1.54, 1.807) is 13.0 Å². The van der Waals surface area contributed by atoms with Gasteiger partial charge in [-0.3, -0.25) is 4.98 Å². The highest BCUT2D eigenvalue weighted by Gasteiger charge is 2.07. The van der Waals surface area contributed by atoms with Gasteiger partial charge in [-0.15, -0.1) is 0 Å². The Labute approximate surface area is 103 Å². The van der Waals surface area contributed by atoms with Gasteiger partial charge in [0.25, 0.3) is 0 Å². The number of anilines is 3. The molecule has 2 rings (SSSR count). The van der Waals surface area contributed by atoms with Crippen molar-refractivity contribution in [2.45, 2.75) is 6.92 Å². The SMILES string of the molecule is Cc1cc(F)ccc1Nc1c(N)cncc1Cl. The monoisotopic (exact) mass is 251 g/mol. The summed E-state index contributed by atoms with van der Waals surface area (Å²) in [5.74, 6) is -0.276. The minimum Gasteiger partial charge on any atom is -0.396 e. The molecule has 1 aromatic heterocycles. The van der Waals surface area contributed by atoms with Gasteiger partial charge in [-0.25, -0.2) is 4.39 Å². The number of hydrogen-bond acceptors (Lipinski definition) is 3. The van der Waals surface area contributed by atoms with Crippen LogP contribution in [-0.2, 0) is 0 Å². The number of aromatic nitrogens is 1. The summed E-state index contributed by atoms with van der Waals surface area (Å²) in [6, 6.07) is 4.45. The fourth-order valence-electron chi connectivity index (χ4n) is 1.48. The molecule has 0 aliphatic carbocycles. The lowest BCUT2D eigenvalue weighted by molar-refractivity contribution is 0.627. The smallest absolute Gasteiger partial charge is 0.123 e. The number of aryl methyl sites for hydroxylation is 1. The summed E-state index contributed by atoms with van der Waals surface area (Å²) >= 11 is 5.98. The molecule has 0 aliphatic rings. The number of halogens is 2. The Kier molecular flexibility index (Phi) is 3.15. The zero-order chi connectivity index (χ0) is 12.4. The largest absolute Gasteiger partial charge is 0.396 e. The second-order valence-corrected chi connectivity index (χ2v) is 4.08. The summed E-state index contributed by atoms with van der Waals surface area (Å²) in [4.78, 5) is 3.87. The van der Waals surface area contributed by atoms with Crippen LogP contribution in [-0.4, -0.2) is 4.98 Å². The molecule has 0 saturated heterocycles. The summed E-state index contributed by atoms with van der Waals surface area (Å²) in [6.45, 7) is 1.80. The van der Waals surface area contributed by atoms with Crippen LogP contribution in [0.1, 0.15) is 5.56 Å². The quantitative estimate of drug-likeness (QED) is 0.859. The van der Waals surface area contributed by atoms with E-state index in [0.717, 1.165) is 11.3 Å². The van der Waals surface area contributed by atoms with Gasteiger partial charge in [-0.1, -0.05) is 11.6 Å². The first-order chi connectivity index (χ1) is 8.08. The van der Waals surface area contributed by atoms with E-state index in [9.17, 15) is 4.39 Å². The van der Waals surface area contributed by atoms with Gasteiger partial charge in [0.1, 0.15) is 5.82 Å². The van der Waals surface area contributed by atoms with Crippen molar-refractivity contribution < 1.29 is 4.39 Å². The molecule has 0 fully saturated rings. The standard InChI is InChI=1S/C12H11ClFN3/c1-7-4-8(14)2-3-11(7)17-12-9(13)5-16-6-10(12)15/h2-6H,15H2,1H3,(H,16,17). The van der Waals surface area contributed by atoms with Crippen LogP contribution in [0.3, 0.4) is 0 Å². The van der Waals surface area contributed by atoms with Gasteiger partial charge >= 0.3 is 0 Å². The molecule has 0 bridgehead atoms. The first kappa shape index (κ1) is 11.7. The van der Waals surface area contributed by atoms with Gasteiger partial charge in [0, 0.05) is 11.9 Å². The Bertz CT molecular complexity index is 537. The average molecular weight is 252 g/mol. The van der Waals surface area contributed by atoms with E-state index in [-0.39, 0.29) is 5.82 Å². The highest BCUT2D eigenvalue weighted by molar-refractivity contribution is 6.33. The Morgan fingerprint density at radius 3 is 2.76 bits per heavy atom. The Morgan fingerprint density at radius 1 is 1.35 bits per heavy atom. The third-order valence-corrected chi connectivity index (χ3v) is 2.66. The second kappa shape index (κ2) is 4.59. The highest BCUT2D eigenvalue weighted by Crippen LogP contribution is 2.31. The second-order valence-electron chi connectivity index (χ2n) is 3.67. The number of rotatable bonds is 2. The van der Waals surface area contributed by atoms with Crippen LogP contribution >= 0.6 is 11.6 Å². The third-order valence-electron chi connectivity index (χ3n) is 2.38. The van der Waals surface area contributed by atoms with Crippen LogP contribution in [0.5, 0.6) is 0 Å². The van der Waals surface area contributed by atoms with E-state index in [4.69, 9.17) is 17.3 Å². The summed E-state index contributed by atoms with van der Waals surface area (Å²) < 4.78 is 13.0. The molecule has 0 unspecified atom stereocenters. The number of nitrogen functional groups attached to an aromatic ring is 1. The molecule has 0 radical (unpaired) electrons. The van der Waals surface area contributed by atoms with E-state index >= 15 is 0 Å². The molecule has 1 aromatic carbocycles. The van der Waals surface area contributed by atoms with Crippen LogP contribution in [0.25, 0.3) is 0 Å². The molecule has 5 heteroatoms. The van der Waals surface area contributed by atoms with Crippen molar-refractivity contribution in [1.82, 2.24) is 4.98 Å².